The number of piperidine rings is 1. The third-order valence-corrected chi connectivity index (χ3v) is 4.10. The summed E-state index contributed by atoms with van der Waals surface area (Å²) in [5.41, 5.74) is 6.84. The number of aryl methyl sites for hydroxylation is 2. The Labute approximate surface area is 133 Å². The van der Waals surface area contributed by atoms with Gasteiger partial charge in [0, 0.05) is 12.6 Å². The van der Waals surface area contributed by atoms with Gasteiger partial charge in [-0.1, -0.05) is 0 Å². The van der Waals surface area contributed by atoms with Crippen molar-refractivity contribution in [3.8, 4) is 0 Å². The van der Waals surface area contributed by atoms with Crippen LogP contribution in [0.3, 0.4) is 0 Å². The molecular formula is C16H29N5O. The van der Waals surface area contributed by atoms with Crippen LogP contribution in [0.5, 0.6) is 0 Å². The van der Waals surface area contributed by atoms with Crippen LogP contribution in [0.2, 0.25) is 0 Å². The van der Waals surface area contributed by atoms with E-state index in [1.165, 1.54) is 0 Å². The average Bonchev–Trinajstić information content (AvgIpc) is 2.76. The number of oxazole rings is 1. The molecule has 6 heteroatoms. The van der Waals surface area contributed by atoms with Crippen molar-refractivity contribution in [3.63, 3.8) is 0 Å². The minimum Gasteiger partial charge on any atom is -0.444 e. The lowest BCUT2D eigenvalue weighted by molar-refractivity contribution is 0.166. The second kappa shape index (κ2) is 7.63. The van der Waals surface area contributed by atoms with Crippen LogP contribution in [-0.2, 0) is 6.54 Å². The molecule has 22 heavy (non-hydrogen) atoms. The Balaban J connectivity index is 1.73. The van der Waals surface area contributed by atoms with E-state index in [-0.39, 0.29) is 0 Å². The first-order valence-corrected chi connectivity index (χ1v) is 8.15. The molecule has 0 bridgehead atoms. The quantitative estimate of drug-likeness (QED) is 0.641. The maximum atomic E-state index is 5.85. The number of guanidine groups is 1. The maximum absolute atomic E-state index is 5.85. The summed E-state index contributed by atoms with van der Waals surface area (Å²) in [6.45, 7) is 11.8. The van der Waals surface area contributed by atoms with Gasteiger partial charge in [0.05, 0.1) is 12.2 Å². The summed E-state index contributed by atoms with van der Waals surface area (Å²) in [7, 11) is 0. The number of nitrogens with two attached hydrogens (primary N) is 1. The summed E-state index contributed by atoms with van der Waals surface area (Å²) in [6.07, 6.45) is 2.30. The van der Waals surface area contributed by atoms with E-state index in [9.17, 15) is 0 Å². The van der Waals surface area contributed by atoms with Gasteiger partial charge in [0.25, 0.3) is 0 Å². The highest BCUT2D eigenvalue weighted by Crippen LogP contribution is 2.20. The number of hydrogen-bond acceptors (Lipinski definition) is 4. The van der Waals surface area contributed by atoms with Crippen molar-refractivity contribution >= 4 is 5.96 Å². The molecule has 1 aromatic rings. The lowest BCUT2D eigenvalue weighted by atomic mass is 9.97. The molecule has 1 aliphatic heterocycles. The second-order valence-corrected chi connectivity index (χ2v) is 6.49. The van der Waals surface area contributed by atoms with Crippen LogP contribution >= 0.6 is 0 Å². The predicted octanol–water partition coefficient (Wildman–Crippen LogP) is 1.82. The highest BCUT2D eigenvalue weighted by Gasteiger charge is 2.20. The molecule has 0 unspecified atom stereocenters. The van der Waals surface area contributed by atoms with E-state index < -0.39 is 0 Å². The second-order valence-electron chi connectivity index (χ2n) is 6.49. The Bertz CT molecular complexity index is 481. The zero-order valence-electron chi connectivity index (χ0n) is 14.2. The number of likely N-dealkylation sites (tertiary alicyclic amines) is 1. The minimum absolute atomic E-state index is 0.332. The van der Waals surface area contributed by atoms with Gasteiger partial charge in [-0.2, -0.15) is 0 Å². The van der Waals surface area contributed by atoms with Crippen LogP contribution in [0.4, 0.5) is 0 Å². The van der Waals surface area contributed by atoms with Crippen LogP contribution in [0, 0.1) is 19.8 Å². The molecule has 1 aromatic heterocycles. The molecule has 0 aliphatic carbocycles. The summed E-state index contributed by atoms with van der Waals surface area (Å²) in [6, 6.07) is 0.332. The summed E-state index contributed by atoms with van der Waals surface area (Å²) < 4.78 is 5.66. The van der Waals surface area contributed by atoms with Gasteiger partial charge in [0.2, 0.25) is 5.89 Å². The molecule has 0 saturated carbocycles. The zero-order chi connectivity index (χ0) is 16.1. The van der Waals surface area contributed by atoms with Crippen LogP contribution in [0.15, 0.2) is 9.41 Å². The fourth-order valence-corrected chi connectivity index (χ4v) is 2.69. The highest BCUT2D eigenvalue weighted by atomic mass is 16.4. The standard InChI is InChI=1S/C16H29N5O/c1-11(2)19-16(17)18-9-14-5-7-21(8-6-14)10-15-20-12(3)13(4)22-15/h11,14H,5-10H2,1-4H3,(H3,17,18,19). The highest BCUT2D eigenvalue weighted by molar-refractivity contribution is 5.78. The maximum Gasteiger partial charge on any atom is 0.208 e. The topological polar surface area (TPSA) is 79.7 Å². The van der Waals surface area contributed by atoms with E-state index in [4.69, 9.17) is 10.2 Å². The first kappa shape index (κ1) is 16.8. The fourth-order valence-electron chi connectivity index (χ4n) is 2.69. The number of aliphatic imine (C=N–C) groups is 1. The lowest BCUT2D eigenvalue weighted by Gasteiger charge is -2.30. The molecule has 1 saturated heterocycles. The van der Waals surface area contributed by atoms with E-state index in [0.717, 1.165) is 56.4 Å². The normalized spacial score (nSPS) is 18.1. The molecular weight excluding hydrogens is 278 g/mol. The largest absolute Gasteiger partial charge is 0.444 e. The summed E-state index contributed by atoms with van der Waals surface area (Å²) in [5.74, 6) is 2.93. The van der Waals surface area contributed by atoms with Crippen molar-refractivity contribution in [2.75, 3.05) is 19.6 Å². The molecule has 124 valence electrons. The van der Waals surface area contributed by atoms with Crippen LogP contribution < -0.4 is 11.1 Å². The van der Waals surface area contributed by atoms with E-state index in [1.54, 1.807) is 0 Å². The Kier molecular flexibility index (Phi) is 5.83. The van der Waals surface area contributed by atoms with Crippen LogP contribution in [0.25, 0.3) is 0 Å². The predicted molar refractivity (Wildman–Crippen MR) is 88.7 cm³/mol. The number of rotatable bonds is 5. The van der Waals surface area contributed by atoms with E-state index in [0.29, 0.717) is 17.9 Å². The van der Waals surface area contributed by atoms with Crippen molar-refractivity contribution in [1.82, 2.24) is 15.2 Å². The fraction of sp³-hybridized carbons (Fsp3) is 0.750. The van der Waals surface area contributed by atoms with Crippen molar-refractivity contribution < 1.29 is 4.42 Å². The van der Waals surface area contributed by atoms with Gasteiger partial charge in [-0.3, -0.25) is 9.89 Å². The Hall–Kier alpha value is -1.56. The smallest absolute Gasteiger partial charge is 0.208 e. The summed E-state index contributed by atoms with van der Waals surface area (Å²) >= 11 is 0. The Morgan fingerprint density at radius 3 is 2.64 bits per heavy atom. The van der Waals surface area contributed by atoms with Crippen LogP contribution in [-0.4, -0.2) is 41.5 Å². The summed E-state index contributed by atoms with van der Waals surface area (Å²) in [4.78, 5) is 11.3. The third kappa shape index (κ3) is 5.02. The molecule has 1 aliphatic rings. The van der Waals surface area contributed by atoms with Crippen LogP contribution in [0.1, 0.15) is 44.0 Å². The Morgan fingerprint density at radius 1 is 1.41 bits per heavy atom. The van der Waals surface area contributed by atoms with Crippen molar-refractivity contribution in [1.29, 1.82) is 0 Å². The van der Waals surface area contributed by atoms with E-state index >= 15 is 0 Å². The average molecular weight is 307 g/mol. The lowest BCUT2D eigenvalue weighted by Crippen LogP contribution is -2.38. The minimum atomic E-state index is 0.332. The van der Waals surface area contributed by atoms with Crippen molar-refractivity contribution in [3.05, 3.63) is 17.3 Å². The van der Waals surface area contributed by atoms with E-state index in [2.05, 4.69) is 34.0 Å². The molecule has 0 radical (unpaired) electrons. The van der Waals surface area contributed by atoms with Gasteiger partial charge in [-0.25, -0.2) is 4.98 Å². The SMILES string of the molecule is Cc1nc(CN2CCC(CN=C(N)NC(C)C)CC2)oc1C. The molecule has 0 aromatic carbocycles. The zero-order valence-corrected chi connectivity index (χ0v) is 14.2. The molecule has 0 amide bonds. The third-order valence-electron chi connectivity index (χ3n) is 4.10. The van der Waals surface area contributed by atoms with E-state index in [1.807, 2.05) is 13.8 Å². The van der Waals surface area contributed by atoms with Gasteiger partial charge in [-0.05, 0) is 59.5 Å². The molecule has 2 heterocycles. The van der Waals surface area contributed by atoms with Gasteiger partial charge in [-0.15, -0.1) is 0 Å². The Morgan fingerprint density at radius 2 is 2.09 bits per heavy atom. The first-order valence-electron chi connectivity index (χ1n) is 8.15. The van der Waals surface area contributed by atoms with Gasteiger partial charge in [0.1, 0.15) is 5.76 Å². The van der Waals surface area contributed by atoms with Gasteiger partial charge >= 0.3 is 0 Å². The number of nitrogens with zero attached hydrogens (tertiary/aromatic N) is 3. The molecule has 2 rings (SSSR count). The number of nitrogens with one attached hydrogen (secondary N) is 1. The van der Waals surface area contributed by atoms with Gasteiger partial charge in [0.15, 0.2) is 5.96 Å². The van der Waals surface area contributed by atoms with Crippen molar-refractivity contribution in [2.45, 2.75) is 53.1 Å². The molecule has 6 nitrogen and oxygen atoms in total. The molecule has 1 fully saturated rings. The monoisotopic (exact) mass is 307 g/mol. The summed E-state index contributed by atoms with van der Waals surface area (Å²) in [5, 5.41) is 3.13. The van der Waals surface area contributed by atoms with Crippen molar-refractivity contribution in [2.24, 2.45) is 16.6 Å². The number of aromatic nitrogens is 1. The first-order chi connectivity index (χ1) is 10.4. The molecule has 0 atom stereocenters. The molecule has 0 spiro atoms. The van der Waals surface area contributed by atoms with Gasteiger partial charge < -0.3 is 15.5 Å². The molecule has 3 N–H and O–H groups in total. The number of hydrogen-bond donors (Lipinski definition) is 2.